The molecule has 1 aromatic heterocycles. The predicted molar refractivity (Wildman–Crippen MR) is 124 cm³/mol. The first kappa shape index (κ1) is 21.9. The van der Waals surface area contributed by atoms with Crippen LogP contribution in [-0.4, -0.2) is 30.6 Å². The summed E-state index contributed by atoms with van der Waals surface area (Å²) in [5, 5.41) is 10.0. The SMILES string of the molecule is CCNC(=NCc1nc(C(C)C)cs1)NCC1CCOc2ccccc21.I. The number of nitrogens with zero attached hydrogens (tertiary/aromatic N) is 2. The Kier molecular flexibility index (Phi) is 8.82. The van der Waals surface area contributed by atoms with Crippen LogP contribution in [0.25, 0.3) is 0 Å². The van der Waals surface area contributed by atoms with Crippen LogP contribution in [0.3, 0.4) is 0 Å². The van der Waals surface area contributed by atoms with Crippen LogP contribution >= 0.6 is 35.3 Å². The van der Waals surface area contributed by atoms with Crippen LogP contribution in [0.5, 0.6) is 5.75 Å². The maximum atomic E-state index is 5.75. The molecule has 2 N–H and O–H groups in total. The van der Waals surface area contributed by atoms with Gasteiger partial charge in [-0.15, -0.1) is 35.3 Å². The minimum atomic E-state index is 0. The van der Waals surface area contributed by atoms with Gasteiger partial charge in [0, 0.05) is 24.4 Å². The number of nitrogens with one attached hydrogen (secondary N) is 2. The molecule has 3 rings (SSSR count). The molecule has 0 bridgehead atoms. The fourth-order valence-corrected chi connectivity index (χ4v) is 3.88. The van der Waals surface area contributed by atoms with Crippen LogP contribution in [0.1, 0.15) is 55.3 Å². The Labute approximate surface area is 183 Å². The van der Waals surface area contributed by atoms with E-state index in [0.717, 1.165) is 48.5 Å². The van der Waals surface area contributed by atoms with Crippen molar-refractivity contribution in [1.82, 2.24) is 15.6 Å². The second-order valence-corrected chi connectivity index (χ2v) is 7.71. The molecule has 0 radical (unpaired) electrons. The summed E-state index contributed by atoms with van der Waals surface area (Å²) in [5.74, 6) is 2.76. The van der Waals surface area contributed by atoms with E-state index in [1.165, 1.54) is 5.56 Å². The minimum Gasteiger partial charge on any atom is -0.493 e. The van der Waals surface area contributed by atoms with Crippen LogP contribution < -0.4 is 15.4 Å². The van der Waals surface area contributed by atoms with Crippen molar-refractivity contribution >= 4 is 41.3 Å². The van der Waals surface area contributed by atoms with Gasteiger partial charge in [-0.25, -0.2) is 9.98 Å². The number of halogens is 1. The van der Waals surface area contributed by atoms with E-state index in [9.17, 15) is 0 Å². The zero-order valence-electron chi connectivity index (χ0n) is 16.2. The minimum absolute atomic E-state index is 0. The van der Waals surface area contributed by atoms with Gasteiger partial charge in [0.2, 0.25) is 0 Å². The number of hydrogen-bond acceptors (Lipinski definition) is 4. The second kappa shape index (κ2) is 10.8. The standard InChI is InChI=1S/C20H28N4OS.HI/c1-4-21-20(23-12-19-24-17(13-26-19)14(2)3)22-11-15-9-10-25-18-8-6-5-7-16(15)18;/h5-8,13-15H,4,9-12H2,1-3H3,(H2,21,22,23);1H. The molecule has 7 heteroatoms. The summed E-state index contributed by atoms with van der Waals surface area (Å²) >= 11 is 1.68. The first-order valence-corrected chi connectivity index (χ1v) is 10.2. The van der Waals surface area contributed by atoms with Gasteiger partial charge in [-0.05, 0) is 30.9 Å². The molecule has 5 nitrogen and oxygen atoms in total. The van der Waals surface area contributed by atoms with Gasteiger partial charge in [0.25, 0.3) is 0 Å². The van der Waals surface area contributed by atoms with Gasteiger partial charge in [0.05, 0.1) is 18.8 Å². The fourth-order valence-electron chi connectivity index (χ4n) is 3.00. The van der Waals surface area contributed by atoms with Crippen LogP contribution in [0.15, 0.2) is 34.6 Å². The van der Waals surface area contributed by atoms with Gasteiger partial charge in [0.1, 0.15) is 10.8 Å². The Hall–Kier alpha value is -1.35. The van der Waals surface area contributed by atoms with E-state index in [1.807, 2.05) is 6.07 Å². The number of ether oxygens (including phenoxy) is 1. The average molecular weight is 500 g/mol. The topological polar surface area (TPSA) is 58.5 Å². The highest BCUT2D eigenvalue weighted by atomic mass is 127. The van der Waals surface area contributed by atoms with Gasteiger partial charge >= 0.3 is 0 Å². The molecule has 0 amide bonds. The zero-order valence-corrected chi connectivity index (χ0v) is 19.3. The predicted octanol–water partition coefficient (Wildman–Crippen LogP) is 4.51. The summed E-state index contributed by atoms with van der Waals surface area (Å²) in [5.41, 5.74) is 2.43. The number of fused-ring (bicyclic) bond motifs is 1. The highest BCUT2D eigenvalue weighted by Gasteiger charge is 2.21. The smallest absolute Gasteiger partial charge is 0.191 e. The normalized spacial score (nSPS) is 16.3. The van der Waals surface area contributed by atoms with E-state index >= 15 is 0 Å². The van der Waals surface area contributed by atoms with E-state index in [1.54, 1.807) is 11.3 Å². The summed E-state index contributed by atoms with van der Waals surface area (Å²) in [6.45, 7) is 9.48. The molecule has 1 atom stereocenters. The maximum absolute atomic E-state index is 5.75. The molecule has 27 heavy (non-hydrogen) atoms. The lowest BCUT2D eigenvalue weighted by atomic mass is 9.93. The monoisotopic (exact) mass is 500 g/mol. The van der Waals surface area contributed by atoms with Gasteiger partial charge in [-0.1, -0.05) is 32.0 Å². The Morgan fingerprint density at radius 1 is 1.33 bits per heavy atom. The molecule has 1 aromatic carbocycles. The molecule has 148 valence electrons. The molecule has 1 unspecified atom stereocenters. The molecular weight excluding hydrogens is 471 g/mol. The quantitative estimate of drug-likeness (QED) is 0.348. The number of aromatic nitrogens is 1. The first-order valence-electron chi connectivity index (χ1n) is 9.35. The third-order valence-corrected chi connectivity index (χ3v) is 5.33. The summed E-state index contributed by atoms with van der Waals surface area (Å²) < 4.78 is 5.75. The Morgan fingerprint density at radius 3 is 2.89 bits per heavy atom. The van der Waals surface area contributed by atoms with Crippen LogP contribution in [0, 0.1) is 0 Å². The Balaban J connectivity index is 0.00000261. The fraction of sp³-hybridized carbons (Fsp3) is 0.500. The number of hydrogen-bond donors (Lipinski definition) is 2. The van der Waals surface area contributed by atoms with Gasteiger partial charge < -0.3 is 15.4 Å². The number of benzene rings is 1. The lowest BCUT2D eigenvalue weighted by Gasteiger charge is -2.26. The third kappa shape index (κ3) is 6.07. The molecule has 1 aliphatic heterocycles. The van der Waals surface area contributed by atoms with Crippen molar-refractivity contribution < 1.29 is 4.74 Å². The first-order chi connectivity index (χ1) is 12.7. The molecule has 0 fully saturated rings. The number of rotatable bonds is 6. The molecule has 1 aliphatic rings. The average Bonchev–Trinajstić information content (AvgIpc) is 3.13. The second-order valence-electron chi connectivity index (χ2n) is 6.77. The van der Waals surface area contributed by atoms with Gasteiger partial charge in [-0.3, -0.25) is 0 Å². The van der Waals surface area contributed by atoms with E-state index in [-0.39, 0.29) is 24.0 Å². The third-order valence-electron chi connectivity index (χ3n) is 4.48. The number of guanidine groups is 1. The molecule has 0 saturated carbocycles. The van der Waals surface area contributed by atoms with E-state index in [2.05, 4.69) is 60.0 Å². The van der Waals surface area contributed by atoms with Crippen molar-refractivity contribution in [3.63, 3.8) is 0 Å². The van der Waals surface area contributed by atoms with E-state index < -0.39 is 0 Å². The molecule has 2 aromatic rings. The van der Waals surface area contributed by atoms with Crippen molar-refractivity contribution in [2.24, 2.45) is 4.99 Å². The van der Waals surface area contributed by atoms with Gasteiger partial charge in [0.15, 0.2) is 5.96 Å². The van der Waals surface area contributed by atoms with Crippen molar-refractivity contribution in [3.8, 4) is 5.75 Å². The summed E-state index contributed by atoms with van der Waals surface area (Å²) in [7, 11) is 0. The number of thiazole rings is 1. The maximum Gasteiger partial charge on any atom is 0.191 e. The number of para-hydroxylation sites is 1. The molecule has 0 aliphatic carbocycles. The Morgan fingerprint density at radius 2 is 2.15 bits per heavy atom. The summed E-state index contributed by atoms with van der Waals surface area (Å²) in [6, 6.07) is 8.32. The van der Waals surface area contributed by atoms with Crippen LogP contribution in [0.2, 0.25) is 0 Å². The molecule has 0 spiro atoms. The molecule has 2 heterocycles. The highest BCUT2D eigenvalue weighted by Crippen LogP contribution is 2.32. The lowest BCUT2D eigenvalue weighted by molar-refractivity contribution is 0.267. The van der Waals surface area contributed by atoms with E-state index in [0.29, 0.717) is 18.4 Å². The highest BCUT2D eigenvalue weighted by molar-refractivity contribution is 14.0. The van der Waals surface area contributed by atoms with Crippen LogP contribution in [-0.2, 0) is 6.54 Å². The zero-order chi connectivity index (χ0) is 18.4. The summed E-state index contributed by atoms with van der Waals surface area (Å²) in [6.07, 6.45) is 1.02. The van der Waals surface area contributed by atoms with Crippen molar-refractivity contribution in [2.45, 2.75) is 45.6 Å². The van der Waals surface area contributed by atoms with Crippen LogP contribution in [0.4, 0.5) is 0 Å². The molecular formula is C20H29IN4OS. The largest absolute Gasteiger partial charge is 0.493 e. The van der Waals surface area contributed by atoms with Gasteiger partial charge in [-0.2, -0.15) is 0 Å². The van der Waals surface area contributed by atoms with Crippen molar-refractivity contribution in [3.05, 3.63) is 45.9 Å². The van der Waals surface area contributed by atoms with Crippen molar-refractivity contribution in [1.29, 1.82) is 0 Å². The van der Waals surface area contributed by atoms with E-state index in [4.69, 9.17) is 9.73 Å². The lowest BCUT2D eigenvalue weighted by Crippen LogP contribution is -2.40. The molecule has 0 saturated heterocycles. The Bertz CT molecular complexity index is 747. The summed E-state index contributed by atoms with van der Waals surface area (Å²) in [4.78, 5) is 9.37. The number of aliphatic imine (C=N–C) groups is 1. The van der Waals surface area contributed by atoms with Crippen molar-refractivity contribution in [2.75, 3.05) is 19.7 Å².